The van der Waals surface area contributed by atoms with Crippen molar-refractivity contribution in [3.8, 4) is 5.69 Å². The largest absolute Gasteiger partial charge is 0.318 e. The van der Waals surface area contributed by atoms with Crippen molar-refractivity contribution in [2.75, 3.05) is 0 Å². The molecule has 0 saturated heterocycles. The summed E-state index contributed by atoms with van der Waals surface area (Å²) in [6.07, 6.45) is 1.66. The Kier molecular flexibility index (Phi) is 5.64. The van der Waals surface area contributed by atoms with E-state index in [0.29, 0.717) is 10.6 Å². The summed E-state index contributed by atoms with van der Waals surface area (Å²) < 4.78 is 15.3. The lowest BCUT2D eigenvalue weighted by atomic mass is 9.97. The predicted molar refractivity (Wildman–Crippen MR) is 137 cm³/mol. The van der Waals surface area contributed by atoms with Crippen LogP contribution in [-0.2, 0) is 0 Å². The molecular weight excluding hydrogens is 449 g/mol. The molecule has 4 aromatic carbocycles. The lowest BCUT2D eigenvalue weighted by Gasteiger charge is -2.11. The van der Waals surface area contributed by atoms with Gasteiger partial charge in [0.15, 0.2) is 0 Å². The van der Waals surface area contributed by atoms with Gasteiger partial charge in [-0.05, 0) is 55.0 Å². The molecule has 1 aromatic heterocycles. The third kappa shape index (κ3) is 3.74. The fraction of sp³-hybridized carbons (Fsp3) is 0.0714. The second kappa shape index (κ2) is 8.76. The third-order valence-electron chi connectivity index (χ3n) is 6.03. The zero-order chi connectivity index (χ0) is 23.8. The monoisotopic (exact) mass is 469 g/mol. The molecule has 1 amide bonds. The minimum atomic E-state index is -0.319. The van der Waals surface area contributed by atoms with Gasteiger partial charge in [-0.2, -0.15) is 5.10 Å². The van der Waals surface area contributed by atoms with Gasteiger partial charge in [-0.25, -0.2) is 9.82 Å². The molecule has 5 rings (SSSR count). The van der Waals surface area contributed by atoms with E-state index in [9.17, 15) is 9.18 Å². The lowest BCUT2D eigenvalue weighted by molar-refractivity contribution is 0.0954. The SMILES string of the molecule is Cc1cc(C(=O)NN=Cc2c3ccccc3c(Cl)c3ccccc23)c(C)n1-c1ccc(F)cc1. The summed E-state index contributed by atoms with van der Waals surface area (Å²) in [5.74, 6) is -0.624. The van der Waals surface area contributed by atoms with Crippen LogP contribution < -0.4 is 5.43 Å². The maximum Gasteiger partial charge on any atom is 0.273 e. The molecular formula is C28H21ClFN3O. The number of carbonyl (C=O) groups excluding carboxylic acids is 1. The van der Waals surface area contributed by atoms with Crippen LogP contribution in [0.2, 0.25) is 5.02 Å². The second-order valence-corrected chi connectivity index (χ2v) is 8.49. The average Bonchev–Trinajstić information content (AvgIpc) is 3.15. The first kappa shape index (κ1) is 21.9. The first-order valence-electron chi connectivity index (χ1n) is 10.8. The van der Waals surface area contributed by atoms with Crippen LogP contribution in [-0.4, -0.2) is 16.7 Å². The maximum absolute atomic E-state index is 13.3. The minimum absolute atomic E-state index is 0.305. The number of hydrogen-bond acceptors (Lipinski definition) is 2. The Labute approximate surface area is 201 Å². The van der Waals surface area contributed by atoms with E-state index in [0.717, 1.165) is 44.2 Å². The number of rotatable bonds is 4. The molecule has 0 aliphatic heterocycles. The number of carbonyl (C=O) groups is 1. The van der Waals surface area contributed by atoms with Gasteiger partial charge in [0.05, 0.1) is 16.8 Å². The molecule has 1 N–H and O–H groups in total. The van der Waals surface area contributed by atoms with Crippen LogP contribution in [0.25, 0.3) is 27.2 Å². The number of hydrazone groups is 1. The molecule has 6 heteroatoms. The van der Waals surface area contributed by atoms with Gasteiger partial charge in [-0.3, -0.25) is 4.79 Å². The van der Waals surface area contributed by atoms with Crippen molar-refractivity contribution in [3.05, 3.63) is 112 Å². The van der Waals surface area contributed by atoms with Gasteiger partial charge < -0.3 is 4.57 Å². The molecule has 34 heavy (non-hydrogen) atoms. The molecule has 0 aliphatic rings. The molecule has 168 valence electrons. The molecule has 0 saturated carbocycles. The number of aryl methyl sites for hydroxylation is 1. The molecule has 0 spiro atoms. The van der Waals surface area contributed by atoms with E-state index in [1.165, 1.54) is 12.1 Å². The Morgan fingerprint density at radius 2 is 1.47 bits per heavy atom. The smallest absolute Gasteiger partial charge is 0.273 e. The van der Waals surface area contributed by atoms with Gasteiger partial charge in [0, 0.05) is 33.4 Å². The van der Waals surface area contributed by atoms with E-state index in [1.807, 2.05) is 66.9 Å². The first-order chi connectivity index (χ1) is 16.5. The van der Waals surface area contributed by atoms with Crippen LogP contribution >= 0.6 is 11.6 Å². The predicted octanol–water partition coefficient (Wildman–Crippen LogP) is 6.96. The number of amides is 1. The molecule has 0 bridgehead atoms. The van der Waals surface area contributed by atoms with Crippen molar-refractivity contribution in [2.24, 2.45) is 5.10 Å². The highest BCUT2D eigenvalue weighted by molar-refractivity contribution is 6.42. The summed E-state index contributed by atoms with van der Waals surface area (Å²) in [6, 6.07) is 23.7. The summed E-state index contributed by atoms with van der Waals surface area (Å²) in [5, 5.41) is 8.75. The summed E-state index contributed by atoms with van der Waals surface area (Å²) in [7, 11) is 0. The van der Waals surface area contributed by atoms with Gasteiger partial charge in [-0.15, -0.1) is 0 Å². The number of hydrogen-bond donors (Lipinski definition) is 1. The van der Waals surface area contributed by atoms with E-state index in [1.54, 1.807) is 24.4 Å². The Morgan fingerprint density at radius 1 is 0.912 bits per heavy atom. The molecule has 0 fully saturated rings. The number of fused-ring (bicyclic) bond motifs is 2. The van der Waals surface area contributed by atoms with E-state index >= 15 is 0 Å². The van der Waals surface area contributed by atoms with Crippen molar-refractivity contribution < 1.29 is 9.18 Å². The van der Waals surface area contributed by atoms with Gasteiger partial charge in [0.25, 0.3) is 5.91 Å². The van der Waals surface area contributed by atoms with E-state index < -0.39 is 0 Å². The van der Waals surface area contributed by atoms with Gasteiger partial charge in [0.1, 0.15) is 5.82 Å². The van der Waals surface area contributed by atoms with Crippen molar-refractivity contribution in [3.63, 3.8) is 0 Å². The number of benzene rings is 4. The highest BCUT2D eigenvalue weighted by atomic mass is 35.5. The van der Waals surface area contributed by atoms with Gasteiger partial charge in [-0.1, -0.05) is 60.1 Å². The minimum Gasteiger partial charge on any atom is -0.318 e. The van der Waals surface area contributed by atoms with Crippen molar-refractivity contribution in [1.82, 2.24) is 9.99 Å². The van der Waals surface area contributed by atoms with Crippen molar-refractivity contribution in [1.29, 1.82) is 0 Å². The number of aromatic nitrogens is 1. The first-order valence-corrected chi connectivity index (χ1v) is 11.2. The zero-order valence-corrected chi connectivity index (χ0v) is 19.4. The molecule has 0 unspecified atom stereocenters. The summed E-state index contributed by atoms with van der Waals surface area (Å²) >= 11 is 6.67. The second-order valence-electron chi connectivity index (χ2n) is 8.11. The lowest BCUT2D eigenvalue weighted by Crippen LogP contribution is -2.18. The molecule has 0 atom stereocenters. The van der Waals surface area contributed by atoms with E-state index in [2.05, 4.69) is 10.5 Å². The van der Waals surface area contributed by atoms with E-state index in [4.69, 9.17) is 11.6 Å². The fourth-order valence-corrected chi connectivity index (χ4v) is 4.77. The summed E-state index contributed by atoms with van der Waals surface area (Å²) in [4.78, 5) is 13.0. The van der Waals surface area contributed by atoms with Crippen LogP contribution in [0.3, 0.4) is 0 Å². The van der Waals surface area contributed by atoms with Crippen molar-refractivity contribution in [2.45, 2.75) is 13.8 Å². The topological polar surface area (TPSA) is 46.4 Å². The average molecular weight is 470 g/mol. The quantitative estimate of drug-likeness (QED) is 0.173. The standard InChI is InChI=1S/C28H21ClFN3O/c1-17-15-25(18(2)33(17)20-13-11-19(30)12-14-20)28(34)32-31-16-26-21-7-3-5-9-23(21)27(29)24-10-6-4-8-22(24)26/h3-16H,1-2H3,(H,32,34). The Morgan fingerprint density at radius 3 is 2.06 bits per heavy atom. The maximum atomic E-state index is 13.3. The van der Waals surface area contributed by atoms with Crippen LogP contribution in [0.5, 0.6) is 0 Å². The highest BCUT2D eigenvalue weighted by Gasteiger charge is 2.17. The Bertz CT molecular complexity index is 1530. The molecule has 5 aromatic rings. The van der Waals surface area contributed by atoms with E-state index in [-0.39, 0.29) is 11.7 Å². The number of halogens is 2. The van der Waals surface area contributed by atoms with Crippen LogP contribution in [0.1, 0.15) is 27.3 Å². The summed E-state index contributed by atoms with van der Waals surface area (Å²) in [6.45, 7) is 3.76. The van der Waals surface area contributed by atoms with Crippen LogP contribution in [0.15, 0.2) is 84.0 Å². The van der Waals surface area contributed by atoms with Gasteiger partial charge >= 0.3 is 0 Å². The van der Waals surface area contributed by atoms with Crippen LogP contribution in [0, 0.1) is 19.7 Å². The summed E-state index contributed by atoms with van der Waals surface area (Å²) in [5.41, 5.74) is 6.45. The zero-order valence-electron chi connectivity index (χ0n) is 18.6. The van der Waals surface area contributed by atoms with Crippen molar-refractivity contribution >= 4 is 45.3 Å². The highest BCUT2D eigenvalue weighted by Crippen LogP contribution is 2.35. The number of nitrogens with zero attached hydrogens (tertiary/aromatic N) is 2. The fourth-order valence-electron chi connectivity index (χ4n) is 4.44. The molecule has 0 aliphatic carbocycles. The molecule has 1 heterocycles. The third-order valence-corrected chi connectivity index (χ3v) is 6.43. The Balaban J connectivity index is 1.49. The molecule has 0 radical (unpaired) electrons. The molecule has 4 nitrogen and oxygen atoms in total. The Hall–Kier alpha value is -3.96. The normalized spacial score (nSPS) is 11.5. The van der Waals surface area contributed by atoms with Gasteiger partial charge in [0.2, 0.25) is 0 Å². The van der Waals surface area contributed by atoms with Crippen LogP contribution in [0.4, 0.5) is 4.39 Å². The number of nitrogens with one attached hydrogen (secondary N) is 1.